The molecule has 0 unspecified atom stereocenters. The van der Waals surface area contributed by atoms with Crippen molar-refractivity contribution in [1.29, 1.82) is 0 Å². The van der Waals surface area contributed by atoms with Gasteiger partial charge in [-0.2, -0.15) is 13.2 Å². The molecule has 1 aromatic carbocycles. The minimum absolute atomic E-state index is 0.0529. The first-order valence-electron chi connectivity index (χ1n) is 5.22. The number of nitrogens with two attached hydrogens (primary N) is 1. The number of hydrogen-bond donors (Lipinski definition) is 3. The van der Waals surface area contributed by atoms with Crippen LogP contribution >= 0.6 is 0 Å². The van der Waals surface area contributed by atoms with Gasteiger partial charge in [0, 0.05) is 6.54 Å². The number of hydrogen-bond acceptors (Lipinski definition) is 3. The summed E-state index contributed by atoms with van der Waals surface area (Å²) in [4.78, 5) is 11.3. The van der Waals surface area contributed by atoms with Gasteiger partial charge in [0.25, 0.3) is 0 Å². The molecule has 0 saturated carbocycles. The monoisotopic (exact) mass is 275 g/mol. The lowest BCUT2D eigenvalue weighted by Gasteiger charge is -2.13. The van der Waals surface area contributed by atoms with E-state index >= 15 is 0 Å². The molecule has 0 aliphatic heterocycles. The van der Waals surface area contributed by atoms with E-state index in [0.29, 0.717) is 0 Å². The van der Waals surface area contributed by atoms with E-state index in [9.17, 15) is 18.0 Å². The summed E-state index contributed by atoms with van der Waals surface area (Å²) in [6, 6.07) is 4.92. The third-order valence-corrected chi connectivity index (χ3v) is 2.27. The summed E-state index contributed by atoms with van der Waals surface area (Å²) in [6.45, 7) is -0.284. The van der Waals surface area contributed by atoms with Crippen molar-refractivity contribution in [3.63, 3.8) is 0 Å². The Labute approximate surface area is 106 Å². The average Bonchev–Trinajstić information content (AvgIpc) is 2.35. The number of amidine groups is 1. The number of nitrogens with zero attached hydrogens (tertiary/aromatic N) is 1. The molecular formula is C11H12F3N3O2. The van der Waals surface area contributed by atoms with Crippen molar-refractivity contribution in [2.75, 3.05) is 0 Å². The molecule has 0 radical (unpaired) electrons. The van der Waals surface area contributed by atoms with Crippen molar-refractivity contribution in [3.8, 4) is 0 Å². The van der Waals surface area contributed by atoms with Crippen molar-refractivity contribution >= 4 is 11.7 Å². The summed E-state index contributed by atoms with van der Waals surface area (Å²) in [5, 5.41) is 13.1. The lowest BCUT2D eigenvalue weighted by atomic mass is 10.1. The van der Waals surface area contributed by atoms with Crippen molar-refractivity contribution in [1.82, 2.24) is 5.32 Å². The molecule has 0 bridgehead atoms. The second kappa shape index (κ2) is 6.07. The molecule has 1 aromatic rings. The molecule has 1 amide bonds. The number of halogens is 3. The van der Waals surface area contributed by atoms with Gasteiger partial charge >= 0.3 is 6.18 Å². The van der Waals surface area contributed by atoms with Crippen LogP contribution in [0.25, 0.3) is 0 Å². The molecule has 0 heterocycles. The molecule has 0 aromatic heterocycles. The van der Waals surface area contributed by atoms with Gasteiger partial charge in [-0.25, -0.2) is 0 Å². The van der Waals surface area contributed by atoms with Crippen LogP contribution in [0.15, 0.2) is 29.4 Å². The van der Waals surface area contributed by atoms with Gasteiger partial charge < -0.3 is 16.3 Å². The van der Waals surface area contributed by atoms with Gasteiger partial charge in [-0.05, 0) is 11.6 Å². The first-order valence-corrected chi connectivity index (χ1v) is 5.22. The van der Waals surface area contributed by atoms with Gasteiger partial charge in [-0.1, -0.05) is 23.4 Å². The van der Waals surface area contributed by atoms with Crippen LogP contribution in [-0.2, 0) is 17.5 Å². The number of oxime groups is 1. The Bertz CT molecular complexity index is 486. The standard InChI is InChI=1S/C11H12F3N3O2/c12-11(13,14)8-4-2-1-3-7(8)6-16-10(18)5-9(15)17-19/h1-4,19H,5-6H2,(H2,15,17)(H,16,18). The molecule has 0 fully saturated rings. The Morgan fingerprint density at radius 2 is 2.00 bits per heavy atom. The zero-order valence-corrected chi connectivity index (χ0v) is 9.74. The Morgan fingerprint density at radius 3 is 2.58 bits per heavy atom. The summed E-state index contributed by atoms with van der Waals surface area (Å²) in [5.74, 6) is -0.950. The maximum atomic E-state index is 12.7. The van der Waals surface area contributed by atoms with E-state index in [1.54, 1.807) is 0 Å². The highest BCUT2D eigenvalue weighted by atomic mass is 19.4. The second-order valence-corrected chi connectivity index (χ2v) is 3.70. The van der Waals surface area contributed by atoms with E-state index in [1.807, 2.05) is 0 Å². The Morgan fingerprint density at radius 1 is 1.37 bits per heavy atom. The molecule has 1 rings (SSSR count). The van der Waals surface area contributed by atoms with E-state index in [-0.39, 0.29) is 24.4 Å². The molecule has 5 nitrogen and oxygen atoms in total. The Kier molecular flexibility index (Phi) is 4.74. The molecule has 0 saturated heterocycles. The van der Waals surface area contributed by atoms with Crippen LogP contribution in [0, 0.1) is 0 Å². The highest BCUT2D eigenvalue weighted by Gasteiger charge is 2.32. The fourth-order valence-electron chi connectivity index (χ4n) is 1.41. The highest BCUT2D eigenvalue weighted by molar-refractivity contribution is 5.98. The Balaban J connectivity index is 2.71. The van der Waals surface area contributed by atoms with E-state index in [2.05, 4.69) is 10.5 Å². The van der Waals surface area contributed by atoms with Gasteiger partial charge in [-0.15, -0.1) is 0 Å². The lowest BCUT2D eigenvalue weighted by Crippen LogP contribution is -2.29. The highest BCUT2D eigenvalue weighted by Crippen LogP contribution is 2.31. The first-order chi connectivity index (χ1) is 8.84. The van der Waals surface area contributed by atoms with Crippen molar-refractivity contribution in [3.05, 3.63) is 35.4 Å². The fraction of sp³-hybridized carbons (Fsp3) is 0.273. The van der Waals surface area contributed by atoms with Gasteiger partial charge in [0.1, 0.15) is 5.84 Å². The predicted molar refractivity (Wildman–Crippen MR) is 61.3 cm³/mol. The van der Waals surface area contributed by atoms with Crippen LogP contribution in [0.4, 0.5) is 13.2 Å². The van der Waals surface area contributed by atoms with Crippen LogP contribution in [0.1, 0.15) is 17.5 Å². The largest absolute Gasteiger partial charge is 0.416 e. The molecule has 0 aliphatic carbocycles. The number of alkyl halides is 3. The SMILES string of the molecule is NC(CC(=O)NCc1ccccc1C(F)(F)F)=NO. The number of carbonyl (C=O) groups excluding carboxylic acids is 1. The molecule has 104 valence electrons. The number of amides is 1. The molecular weight excluding hydrogens is 263 g/mol. The van der Waals surface area contributed by atoms with Crippen LogP contribution in [0.5, 0.6) is 0 Å². The minimum Gasteiger partial charge on any atom is -0.409 e. The number of carbonyl (C=O) groups is 1. The van der Waals surface area contributed by atoms with Gasteiger partial charge in [-0.3, -0.25) is 4.79 Å². The third kappa shape index (κ3) is 4.49. The smallest absolute Gasteiger partial charge is 0.409 e. The summed E-state index contributed by atoms with van der Waals surface area (Å²) in [5.41, 5.74) is 4.24. The second-order valence-electron chi connectivity index (χ2n) is 3.70. The average molecular weight is 275 g/mol. The summed E-state index contributed by atoms with van der Waals surface area (Å²) >= 11 is 0. The fourth-order valence-corrected chi connectivity index (χ4v) is 1.41. The zero-order chi connectivity index (χ0) is 14.5. The lowest BCUT2D eigenvalue weighted by molar-refractivity contribution is -0.138. The topological polar surface area (TPSA) is 87.7 Å². The maximum absolute atomic E-state index is 12.7. The van der Waals surface area contributed by atoms with Crippen molar-refractivity contribution in [2.24, 2.45) is 10.9 Å². The van der Waals surface area contributed by atoms with Crippen LogP contribution in [-0.4, -0.2) is 17.0 Å². The van der Waals surface area contributed by atoms with Crippen molar-refractivity contribution < 1.29 is 23.2 Å². The predicted octanol–water partition coefficient (Wildman–Crippen LogP) is 1.46. The molecule has 0 spiro atoms. The number of nitrogens with one attached hydrogen (secondary N) is 1. The van der Waals surface area contributed by atoms with E-state index in [4.69, 9.17) is 10.9 Å². The maximum Gasteiger partial charge on any atom is 0.416 e. The molecule has 8 heteroatoms. The normalized spacial score (nSPS) is 12.3. The van der Waals surface area contributed by atoms with Gasteiger partial charge in [0.05, 0.1) is 12.0 Å². The van der Waals surface area contributed by atoms with E-state index in [0.717, 1.165) is 6.07 Å². The molecule has 19 heavy (non-hydrogen) atoms. The zero-order valence-electron chi connectivity index (χ0n) is 9.74. The van der Waals surface area contributed by atoms with Gasteiger partial charge in [0.2, 0.25) is 5.91 Å². The van der Waals surface area contributed by atoms with Crippen LogP contribution < -0.4 is 11.1 Å². The third-order valence-electron chi connectivity index (χ3n) is 2.27. The molecule has 0 atom stereocenters. The quantitative estimate of drug-likeness (QED) is 0.336. The van der Waals surface area contributed by atoms with E-state index in [1.165, 1.54) is 18.2 Å². The number of benzene rings is 1. The minimum atomic E-state index is -4.48. The molecule has 4 N–H and O–H groups in total. The Hall–Kier alpha value is -2.25. The van der Waals surface area contributed by atoms with Crippen molar-refractivity contribution in [2.45, 2.75) is 19.1 Å². The summed E-state index contributed by atoms with van der Waals surface area (Å²) < 4.78 is 38.0. The van der Waals surface area contributed by atoms with Crippen LogP contribution in [0.2, 0.25) is 0 Å². The molecule has 0 aliphatic rings. The van der Waals surface area contributed by atoms with Gasteiger partial charge in [0.15, 0.2) is 0 Å². The van der Waals surface area contributed by atoms with Crippen LogP contribution in [0.3, 0.4) is 0 Å². The summed E-state index contributed by atoms with van der Waals surface area (Å²) in [6.07, 6.45) is -4.86. The number of rotatable bonds is 4. The first kappa shape index (κ1) is 14.8. The van der Waals surface area contributed by atoms with E-state index < -0.39 is 17.6 Å². The summed E-state index contributed by atoms with van der Waals surface area (Å²) in [7, 11) is 0.